The smallest absolute Gasteiger partial charge is 0.00991 e. The van der Waals surface area contributed by atoms with Gasteiger partial charge in [0.1, 0.15) is 0 Å². The van der Waals surface area contributed by atoms with Gasteiger partial charge in [-0.2, -0.15) is 0 Å². The van der Waals surface area contributed by atoms with Gasteiger partial charge in [-0.25, -0.2) is 0 Å². The molecule has 0 aliphatic carbocycles. The molecule has 0 spiro atoms. The average Bonchev–Trinajstić information content (AvgIpc) is 1.97. The molecule has 2 nitrogen and oxygen atoms in total. The van der Waals surface area contributed by atoms with E-state index in [-0.39, 0.29) is 0 Å². The fourth-order valence-corrected chi connectivity index (χ4v) is 2.09. The van der Waals surface area contributed by atoms with Crippen LogP contribution in [0.3, 0.4) is 0 Å². The van der Waals surface area contributed by atoms with Crippen molar-refractivity contribution in [2.75, 3.05) is 27.2 Å². The van der Waals surface area contributed by atoms with E-state index in [9.17, 15) is 0 Å². The van der Waals surface area contributed by atoms with Crippen molar-refractivity contribution < 1.29 is 0 Å². The molecule has 1 N–H and O–H groups in total. The van der Waals surface area contributed by atoms with Crippen molar-refractivity contribution in [1.29, 1.82) is 0 Å². The van der Waals surface area contributed by atoms with E-state index >= 15 is 0 Å². The number of hydrogen-bond donors (Lipinski definition) is 1. The Kier molecular flexibility index (Phi) is 5.28. The first kappa shape index (κ1) is 14.9. The summed E-state index contributed by atoms with van der Waals surface area (Å²) >= 11 is 0. The summed E-state index contributed by atoms with van der Waals surface area (Å²) < 4.78 is 0. The summed E-state index contributed by atoms with van der Waals surface area (Å²) in [6.07, 6.45) is 0. The van der Waals surface area contributed by atoms with Gasteiger partial charge >= 0.3 is 0 Å². The van der Waals surface area contributed by atoms with E-state index in [0.717, 1.165) is 13.1 Å². The summed E-state index contributed by atoms with van der Waals surface area (Å²) in [7, 11) is 4.26. The summed E-state index contributed by atoms with van der Waals surface area (Å²) in [4.78, 5) is 2.44. The maximum absolute atomic E-state index is 3.35. The molecule has 92 valence electrons. The Balaban J connectivity index is 4.21. The van der Waals surface area contributed by atoms with Crippen molar-refractivity contribution in [2.24, 2.45) is 10.8 Å². The van der Waals surface area contributed by atoms with Crippen LogP contribution < -0.4 is 5.32 Å². The van der Waals surface area contributed by atoms with Crippen LogP contribution in [-0.4, -0.2) is 38.1 Å². The minimum absolute atomic E-state index is 0.314. The van der Waals surface area contributed by atoms with E-state index in [1.54, 1.807) is 0 Å². The fraction of sp³-hybridized carbons (Fsp3) is 1.00. The van der Waals surface area contributed by atoms with Crippen LogP contribution in [-0.2, 0) is 0 Å². The number of nitrogens with one attached hydrogen (secondary N) is 1. The first-order valence-electron chi connectivity index (χ1n) is 5.94. The van der Waals surface area contributed by atoms with E-state index in [1.165, 1.54) is 0 Å². The quantitative estimate of drug-likeness (QED) is 0.757. The first-order valence-corrected chi connectivity index (χ1v) is 5.94. The SMILES string of the molecule is CNC(C)C(C)(C)CN(C)CC(C)(C)C. The third-order valence-corrected chi connectivity index (χ3v) is 3.03. The highest BCUT2D eigenvalue weighted by molar-refractivity contribution is 4.83. The fourth-order valence-electron chi connectivity index (χ4n) is 2.09. The third-order valence-electron chi connectivity index (χ3n) is 3.03. The van der Waals surface area contributed by atoms with E-state index < -0.39 is 0 Å². The zero-order valence-electron chi connectivity index (χ0n) is 11.9. The number of hydrogen-bond acceptors (Lipinski definition) is 2. The topological polar surface area (TPSA) is 15.3 Å². The lowest BCUT2D eigenvalue weighted by atomic mass is 9.84. The molecular weight excluding hydrogens is 184 g/mol. The summed E-state index contributed by atoms with van der Waals surface area (Å²) in [5.41, 5.74) is 0.697. The Bertz CT molecular complexity index is 179. The molecule has 0 aromatic rings. The maximum atomic E-state index is 3.35. The van der Waals surface area contributed by atoms with Crippen LogP contribution in [0.4, 0.5) is 0 Å². The minimum Gasteiger partial charge on any atom is -0.317 e. The lowest BCUT2D eigenvalue weighted by molar-refractivity contribution is 0.136. The van der Waals surface area contributed by atoms with Gasteiger partial charge in [0.05, 0.1) is 0 Å². The van der Waals surface area contributed by atoms with Crippen LogP contribution in [0, 0.1) is 10.8 Å². The lowest BCUT2D eigenvalue weighted by Crippen LogP contribution is -2.46. The average molecular weight is 214 g/mol. The summed E-state index contributed by atoms with van der Waals surface area (Å²) in [5, 5.41) is 3.35. The molecule has 0 saturated carbocycles. The highest BCUT2D eigenvalue weighted by atomic mass is 15.1. The van der Waals surface area contributed by atoms with Gasteiger partial charge in [-0.1, -0.05) is 34.6 Å². The third kappa shape index (κ3) is 6.16. The number of nitrogens with zero attached hydrogens (tertiary/aromatic N) is 1. The van der Waals surface area contributed by atoms with Crippen molar-refractivity contribution in [3.63, 3.8) is 0 Å². The molecule has 1 unspecified atom stereocenters. The van der Waals surface area contributed by atoms with Crippen molar-refractivity contribution in [3.8, 4) is 0 Å². The lowest BCUT2D eigenvalue weighted by Gasteiger charge is -2.37. The van der Waals surface area contributed by atoms with E-state index in [0.29, 0.717) is 16.9 Å². The van der Waals surface area contributed by atoms with Gasteiger partial charge in [-0.05, 0) is 31.8 Å². The zero-order valence-corrected chi connectivity index (χ0v) is 11.9. The molecule has 2 heteroatoms. The molecule has 0 heterocycles. The van der Waals surface area contributed by atoms with Gasteiger partial charge in [0.15, 0.2) is 0 Å². The van der Waals surface area contributed by atoms with Crippen molar-refractivity contribution in [1.82, 2.24) is 10.2 Å². The zero-order chi connectivity index (χ0) is 12.3. The molecule has 0 fully saturated rings. The van der Waals surface area contributed by atoms with Gasteiger partial charge in [0.2, 0.25) is 0 Å². The summed E-state index contributed by atoms with van der Waals surface area (Å²) in [5.74, 6) is 0. The van der Waals surface area contributed by atoms with Crippen molar-refractivity contribution in [3.05, 3.63) is 0 Å². The Hall–Kier alpha value is -0.0800. The van der Waals surface area contributed by atoms with E-state index in [2.05, 4.69) is 58.8 Å². The maximum Gasteiger partial charge on any atom is 0.00991 e. The first-order chi connectivity index (χ1) is 6.58. The second kappa shape index (κ2) is 5.31. The van der Waals surface area contributed by atoms with Gasteiger partial charge in [-0.3, -0.25) is 0 Å². The van der Waals surface area contributed by atoms with Crippen LogP contribution in [0.25, 0.3) is 0 Å². The summed E-state index contributed by atoms with van der Waals surface area (Å²) in [6.45, 7) is 16.1. The standard InChI is InChI=1S/C13H30N2/c1-11(14-7)13(5,6)10-15(8)9-12(2,3)4/h11,14H,9-10H2,1-8H3. The Morgan fingerprint density at radius 2 is 1.53 bits per heavy atom. The molecule has 1 atom stereocenters. The molecule has 0 aliphatic heterocycles. The van der Waals surface area contributed by atoms with Gasteiger partial charge < -0.3 is 10.2 Å². The molecule has 0 saturated heterocycles. The molecular formula is C13H30N2. The minimum atomic E-state index is 0.314. The Labute approximate surface area is 96.4 Å². The normalized spacial score (nSPS) is 15.8. The molecule has 0 aromatic carbocycles. The van der Waals surface area contributed by atoms with Crippen LogP contribution in [0.2, 0.25) is 0 Å². The van der Waals surface area contributed by atoms with Crippen molar-refractivity contribution >= 4 is 0 Å². The largest absolute Gasteiger partial charge is 0.317 e. The highest BCUT2D eigenvalue weighted by Crippen LogP contribution is 2.23. The highest BCUT2D eigenvalue weighted by Gasteiger charge is 2.27. The van der Waals surface area contributed by atoms with Crippen molar-refractivity contribution in [2.45, 2.75) is 47.6 Å². The van der Waals surface area contributed by atoms with Gasteiger partial charge in [0, 0.05) is 19.1 Å². The van der Waals surface area contributed by atoms with E-state index in [4.69, 9.17) is 0 Å². The number of rotatable bonds is 5. The second-order valence-corrected chi connectivity index (χ2v) is 6.73. The predicted molar refractivity (Wildman–Crippen MR) is 69.3 cm³/mol. The van der Waals surface area contributed by atoms with E-state index in [1.807, 2.05) is 7.05 Å². The Morgan fingerprint density at radius 3 is 1.87 bits per heavy atom. The molecule has 0 rings (SSSR count). The van der Waals surface area contributed by atoms with Gasteiger partial charge in [0.25, 0.3) is 0 Å². The molecule has 15 heavy (non-hydrogen) atoms. The predicted octanol–water partition coefficient (Wildman–Crippen LogP) is 2.60. The van der Waals surface area contributed by atoms with Crippen LogP contribution in [0.1, 0.15) is 41.5 Å². The van der Waals surface area contributed by atoms with Crippen LogP contribution in [0.15, 0.2) is 0 Å². The van der Waals surface area contributed by atoms with Gasteiger partial charge in [-0.15, -0.1) is 0 Å². The molecule has 0 aliphatic rings. The Morgan fingerprint density at radius 1 is 1.07 bits per heavy atom. The van der Waals surface area contributed by atoms with Crippen LogP contribution in [0.5, 0.6) is 0 Å². The second-order valence-electron chi connectivity index (χ2n) is 6.73. The molecule has 0 bridgehead atoms. The molecule has 0 amide bonds. The summed E-state index contributed by atoms with van der Waals surface area (Å²) in [6, 6.07) is 0.542. The molecule has 0 aromatic heterocycles. The molecule has 0 radical (unpaired) electrons. The monoisotopic (exact) mass is 214 g/mol. The van der Waals surface area contributed by atoms with Crippen LogP contribution >= 0.6 is 0 Å².